The molecule has 4 heteroatoms. The van der Waals surface area contributed by atoms with Gasteiger partial charge in [-0.1, -0.05) is 22.0 Å². The van der Waals surface area contributed by atoms with Gasteiger partial charge in [0.05, 0.1) is 0 Å². The molecule has 1 fully saturated rings. The molecule has 1 aliphatic heterocycles. The molecule has 0 spiro atoms. The molecule has 0 saturated carbocycles. The molecule has 1 aromatic rings. The van der Waals surface area contributed by atoms with E-state index in [1.807, 2.05) is 6.07 Å². The number of carbonyl (C=O) groups excluding carboxylic acids is 1. The lowest BCUT2D eigenvalue weighted by Crippen LogP contribution is -2.37. The minimum atomic E-state index is -0.186. The van der Waals surface area contributed by atoms with Gasteiger partial charge in [-0.3, -0.25) is 9.69 Å². The fourth-order valence-electron chi connectivity index (χ4n) is 2.42. The van der Waals surface area contributed by atoms with Crippen LogP contribution in [0.15, 0.2) is 22.7 Å². The Labute approximate surface area is 115 Å². The highest BCUT2D eigenvalue weighted by Gasteiger charge is 2.23. The molecule has 1 aliphatic rings. The third-order valence-corrected chi connectivity index (χ3v) is 3.98. The van der Waals surface area contributed by atoms with Crippen molar-refractivity contribution in [3.63, 3.8) is 0 Å². The molecule has 0 amide bonds. The number of nitrogens with zero attached hydrogens (tertiary/aromatic N) is 1. The zero-order chi connectivity index (χ0) is 13.1. The van der Waals surface area contributed by atoms with Crippen LogP contribution in [0, 0.1) is 11.7 Å². The maximum atomic E-state index is 13.7. The molecule has 1 atom stereocenters. The molecular weight excluding hydrogens is 297 g/mol. The second kappa shape index (κ2) is 5.93. The summed E-state index contributed by atoms with van der Waals surface area (Å²) < 4.78 is 14.5. The standard InChI is InChI=1S/C14H17BrFNO/c1-10(18)11-3-2-6-17(8-11)9-12-4-5-13(15)7-14(12)16/h4-5,7,11H,2-3,6,8-9H2,1H3. The number of piperidine rings is 1. The van der Waals surface area contributed by atoms with Crippen molar-refractivity contribution in [3.8, 4) is 0 Å². The monoisotopic (exact) mass is 313 g/mol. The van der Waals surface area contributed by atoms with Crippen LogP contribution in [0.25, 0.3) is 0 Å². The first kappa shape index (κ1) is 13.7. The number of hydrogen-bond donors (Lipinski definition) is 0. The number of likely N-dealkylation sites (tertiary alicyclic amines) is 1. The minimum absolute atomic E-state index is 0.122. The Balaban J connectivity index is 2.02. The van der Waals surface area contributed by atoms with E-state index in [9.17, 15) is 9.18 Å². The van der Waals surface area contributed by atoms with E-state index in [1.54, 1.807) is 13.0 Å². The van der Waals surface area contributed by atoms with E-state index >= 15 is 0 Å². The number of halogens is 2. The van der Waals surface area contributed by atoms with Gasteiger partial charge >= 0.3 is 0 Å². The van der Waals surface area contributed by atoms with E-state index in [2.05, 4.69) is 20.8 Å². The second-order valence-corrected chi connectivity index (χ2v) is 5.84. The van der Waals surface area contributed by atoms with Crippen molar-refractivity contribution in [3.05, 3.63) is 34.1 Å². The van der Waals surface area contributed by atoms with Crippen LogP contribution >= 0.6 is 15.9 Å². The lowest BCUT2D eigenvalue weighted by atomic mass is 9.94. The fourth-order valence-corrected chi connectivity index (χ4v) is 2.75. The first-order valence-corrected chi connectivity index (χ1v) is 7.02. The van der Waals surface area contributed by atoms with Gasteiger partial charge in [0.2, 0.25) is 0 Å². The number of rotatable bonds is 3. The fraction of sp³-hybridized carbons (Fsp3) is 0.500. The zero-order valence-electron chi connectivity index (χ0n) is 10.5. The van der Waals surface area contributed by atoms with Crippen LogP contribution in [0.3, 0.4) is 0 Å². The molecule has 2 nitrogen and oxygen atoms in total. The number of ketones is 1. The summed E-state index contributed by atoms with van der Waals surface area (Å²) in [7, 11) is 0. The lowest BCUT2D eigenvalue weighted by molar-refractivity contribution is -0.122. The van der Waals surface area contributed by atoms with Gasteiger partial charge in [0.25, 0.3) is 0 Å². The summed E-state index contributed by atoms with van der Waals surface area (Å²) >= 11 is 3.25. The summed E-state index contributed by atoms with van der Waals surface area (Å²) in [5.74, 6) is 0.183. The Morgan fingerprint density at radius 3 is 3.00 bits per heavy atom. The number of carbonyl (C=O) groups is 1. The molecule has 2 rings (SSSR count). The van der Waals surface area contributed by atoms with Crippen molar-refractivity contribution in [1.29, 1.82) is 0 Å². The molecule has 0 aromatic heterocycles. The Morgan fingerprint density at radius 1 is 1.56 bits per heavy atom. The van der Waals surface area contributed by atoms with Crippen LogP contribution < -0.4 is 0 Å². The summed E-state index contributed by atoms with van der Waals surface area (Å²) in [6, 6.07) is 5.14. The van der Waals surface area contributed by atoms with Crippen molar-refractivity contribution in [1.82, 2.24) is 4.90 Å². The van der Waals surface area contributed by atoms with E-state index < -0.39 is 0 Å². The first-order chi connectivity index (χ1) is 8.56. The maximum absolute atomic E-state index is 13.7. The van der Waals surface area contributed by atoms with Crippen molar-refractivity contribution in [2.75, 3.05) is 13.1 Å². The van der Waals surface area contributed by atoms with Gasteiger partial charge in [0.15, 0.2) is 0 Å². The van der Waals surface area contributed by atoms with E-state index in [0.717, 1.165) is 30.4 Å². The van der Waals surface area contributed by atoms with E-state index in [1.165, 1.54) is 6.07 Å². The second-order valence-electron chi connectivity index (χ2n) is 4.92. The van der Waals surface area contributed by atoms with Gasteiger partial charge in [-0.15, -0.1) is 0 Å². The normalized spacial score (nSPS) is 20.9. The molecule has 1 unspecified atom stereocenters. The maximum Gasteiger partial charge on any atom is 0.134 e. The third kappa shape index (κ3) is 3.39. The Hall–Kier alpha value is -0.740. The van der Waals surface area contributed by atoms with Gasteiger partial charge in [0.1, 0.15) is 11.6 Å². The van der Waals surface area contributed by atoms with E-state index in [0.29, 0.717) is 12.1 Å². The van der Waals surface area contributed by atoms with Gasteiger partial charge < -0.3 is 0 Å². The number of hydrogen-bond acceptors (Lipinski definition) is 2. The third-order valence-electron chi connectivity index (χ3n) is 3.49. The van der Waals surface area contributed by atoms with Gasteiger partial charge in [0, 0.05) is 29.0 Å². The molecule has 1 aromatic carbocycles. The summed E-state index contributed by atoms with van der Waals surface area (Å²) in [5, 5.41) is 0. The Bertz CT molecular complexity index is 449. The highest BCUT2D eigenvalue weighted by atomic mass is 79.9. The smallest absolute Gasteiger partial charge is 0.134 e. The van der Waals surface area contributed by atoms with Crippen molar-refractivity contribution in [2.45, 2.75) is 26.3 Å². The van der Waals surface area contributed by atoms with Crippen LogP contribution in [0.1, 0.15) is 25.3 Å². The minimum Gasteiger partial charge on any atom is -0.300 e. The number of Topliss-reactive ketones (excluding diaryl/α,β-unsaturated/α-hetero) is 1. The van der Waals surface area contributed by atoms with E-state index in [-0.39, 0.29) is 17.5 Å². The first-order valence-electron chi connectivity index (χ1n) is 6.23. The van der Waals surface area contributed by atoms with Crippen LogP contribution in [-0.4, -0.2) is 23.8 Å². The molecule has 1 saturated heterocycles. The Kier molecular flexibility index (Phi) is 4.51. The molecule has 0 aliphatic carbocycles. The van der Waals surface area contributed by atoms with Crippen LogP contribution in [-0.2, 0) is 11.3 Å². The molecule has 0 bridgehead atoms. The average molecular weight is 314 g/mol. The SMILES string of the molecule is CC(=O)C1CCCN(Cc2ccc(Br)cc2F)C1. The van der Waals surface area contributed by atoms with Crippen molar-refractivity contribution < 1.29 is 9.18 Å². The molecule has 0 radical (unpaired) electrons. The van der Waals surface area contributed by atoms with Crippen LogP contribution in [0.2, 0.25) is 0 Å². The molecule has 1 heterocycles. The summed E-state index contributed by atoms with van der Waals surface area (Å²) in [4.78, 5) is 13.6. The lowest BCUT2D eigenvalue weighted by Gasteiger charge is -2.31. The van der Waals surface area contributed by atoms with Crippen LogP contribution in [0.5, 0.6) is 0 Å². The summed E-state index contributed by atoms with van der Waals surface area (Å²) in [6.45, 7) is 3.93. The van der Waals surface area contributed by atoms with Gasteiger partial charge in [-0.2, -0.15) is 0 Å². The molecular formula is C14H17BrFNO. The van der Waals surface area contributed by atoms with Crippen LogP contribution in [0.4, 0.5) is 4.39 Å². The largest absolute Gasteiger partial charge is 0.300 e. The zero-order valence-corrected chi connectivity index (χ0v) is 12.0. The summed E-state index contributed by atoms with van der Waals surface area (Å²) in [6.07, 6.45) is 1.98. The predicted molar refractivity (Wildman–Crippen MR) is 72.8 cm³/mol. The average Bonchev–Trinajstić information content (AvgIpc) is 2.33. The van der Waals surface area contributed by atoms with Gasteiger partial charge in [-0.25, -0.2) is 4.39 Å². The highest BCUT2D eigenvalue weighted by Crippen LogP contribution is 2.21. The molecule has 98 valence electrons. The topological polar surface area (TPSA) is 20.3 Å². The number of benzene rings is 1. The predicted octanol–water partition coefficient (Wildman–Crippen LogP) is 3.39. The van der Waals surface area contributed by atoms with Gasteiger partial charge in [-0.05, 0) is 38.4 Å². The van der Waals surface area contributed by atoms with Crippen molar-refractivity contribution in [2.24, 2.45) is 5.92 Å². The van der Waals surface area contributed by atoms with E-state index in [4.69, 9.17) is 0 Å². The van der Waals surface area contributed by atoms with Crippen molar-refractivity contribution >= 4 is 21.7 Å². The highest BCUT2D eigenvalue weighted by molar-refractivity contribution is 9.10. The molecule has 0 N–H and O–H groups in total. The Morgan fingerprint density at radius 2 is 2.33 bits per heavy atom. The summed E-state index contributed by atoms with van der Waals surface area (Å²) in [5.41, 5.74) is 0.697. The quantitative estimate of drug-likeness (QED) is 0.852. The molecule has 18 heavy (non-hydrogen) atoms.